The first-order valence-electron chi connectivity index (χ1n) is 6.03. The Morgan fingerprint density at radius 1 is 1.33 bits per heavy atom. The summed E-state index contributed by atoms with van der Waals surface area (Å²) in [5.74, 6) is 0.774. The topological polar surface area (TPSA) is 42.4 Å². The molecule has 1 aromatic heterocycles. The lowest BCUT2D eigenvalue weighted by molar-refractivity contribution is 0.218. The number of ether oxygens (including phenoxy) is 1. The third-order valence-electron chi connectivity index (χ3n) is 2.86. The predicted molar refractivity (Wildman–Crippen MR) is 70.6 cm³/mol. The number of aryl methyl sites for hydroxylation is 1. The van der Waals surface area contributed by atoms with Crippen molar-refractivity contribution in [3.63, 3.8) is 0 Å². The normalized spacial score (nSPS) is 12.2. The Kier molecular flexibility index (Phi) is 3.95. The highest BCUT2D eigenvalue weighted by molar-refractivity contribution is 5.37. The molecule has 0 bridgehead atoms. The van der Waals surface area contributed by atoms with Crippen LogP contribution in [-0.2, 0) is 0 Å². The number of rotatable bonds is 4. The quantitative estimate of drug-likeness (QED) is 0.897. The first-order chi connectivity index (χ1) is 8.72. The van der Waals surface area contributed by atoms with Gasteiger partial charge in [0.15, 0.2) is 0 Å². The molecule has 0 radical (unpaired) electrons. The van der Waals surface area contributed by atoms with E-state index in [4.69, 9.17) is 4.74 Å². The molecule has 1 atom stereocenters. The molecule has 0 saturated heterocycles. The summed E-state index contributed by atoms with van der Waals surface area (Å²) in [6.45, 7) is 4.52. The Morgan fingerprint density at radius 2 is 2.17 bits per heavy atom. The molecule has 3 nitrogen and oxygen atoms in total. The second-order valence-corrected chi connectivity index (χ2v) is 4.14. The molecule has 0 aliphatic rings. The van der Waals surface area contributed by atoms with Gasteiger partial charge < -0.3 is 9.84 Å². The fraction of sp³-hybridized carbons (Fsp3) is 0.267. The molecule has 2 aromatic rings. The third-order valence-corrected chi connectivity index (χ3v) is 2.86. The molecule has 0 amide bonds. The summed E-state index contributed by atoms with van der Waals surface area (Å²) >= 11 is 0. The Hall–Kier alpha value is -1.87. The lowest BCUT2D eigenvalue weighted by atomic mass is 9.99. The largest absolute Gasteiger partial charge is 0.494 e. The molecule has 0 aliphatic heterocycles. The van der Waals surface area contributed by atoms with E-state index in [1.807, 2.05) is 44.2 Å². The summed E-state index contributed by atoms with van der Waals surface area (Å²) in [4.78, 5) is 4.06. The number of hydrogen-bond donors (Lipinski definition) is 1. The molecular formula is C15H17NO2. The van der Waals surface area contributed by atoms with Gasteiger partial charge in [-0.1, -0.05) is 12.1 Å². The highest BCUT2D eigenvalue weighted by Gasteiger charge is 2.13. The van der Waals surface area contributed by atoms with E-state index in [9.17, 15) is 5.11 Å². The van der Waals surface area contributed by atoms with Gasteiger partial charge in [0.05, 0.1) is 6.61 Å². The molecule has 1 unspecified atom stereocenters. The van der Waals surface area contributed by atoms with Gasteiger partial charge in [-0.25, -0.2) is 0 Å². The standard InChI is InChI=1S/C15H17NO2/c1-3-18-13-6-4-5-12(9-13)15(17)14-10-16-8-7-11(14)2/h4-10,15,17H,3H2,1-2H3. The van der Waals surface area contributed by atoms with E-state index in [2.05, 4.69) is 4.98 Å². The van der Waals surface area contributed by atoms with Crippen molar-refractivity contribution < 1.29 is 9.84 Å². The summed E-state index contributed by atoms with van der Waals surface area (Å²) in [7, 11) is 0. The van der Waals surface area contributed by atoms with Gasteiger partial charge in [0.2, 0.25) is 0 Å². The maximum Gasteiger partial charge on any atom is 0.119 e. The van der Waals surface area contributed by atoms with E-state index in [1.54, 1.807) is 12.4 Å². The number of aliphatic hydroxyl groups excluding tert-OH is 1. The number of hydrogen-bond acceptors (Lipinski definition) is 3. The predicted octanol–water partition coefficient (Wildman–Crippen LogP) is 2.87. The highest BCUT2D eigenvalue weighted by atomic mass is 16.5. The fourth-order valence-electron chi connectivity index (χ4n) is 1.88. The maximum absolute atomic E-state index is 10.4. The number of aliphatic hydroxyl groups is 1. The summed E-state index contributed by atoms with van der Waals surface area (Å²) in [6, 6.07) is 9.41. The van der Waals surface area contributed by atoms with Gasteiger partial charge >= 0.3 is 0 Å². The van der Waals surface area contributed by atoms with Crippen LogP contribution >= 0.6 is 0 Å². The molecule has 94 valence electrons. The number of nitrogens with zero attached hydrogens (tertiary/aromatic N) is 1. The van der Waals surface area contributed by atoms with Crippen LogP contribution in [0.1, 0.15) is 29.7 Å². The third kappa shape index (κ3) is 2.68. The number of aromatic nitrogens is 1. The minimum absolute atomic E-state index is 0.617. The van der Waals surface area contributed by atoms with Gasteiger partial charge in [-0.2, -0.15) is 0 Å². The number of benzene rings is 1. The smallest absolute Gasteiger partial charge is 0.119 e. The van der Waals surface area contributed by atoms with Crippen LogP contribution < -0.4 is 4.74 Å². The Morgan fingerprint density at radius 3 is 2.89 bits per heavy atom. The van der Waals surface area contributed by atoms with Crippen LogP contribution in [0.4, 0.5) is 0 Å². The molecule has 18 heavy (non-hydrogen) atoms. The van der Waals surface area contributed by atoms with Gasteiger partial charge in [-0.15, -0.1) is 0 Å². The van der Waals surface area contributed by atoms with E-state index in [0.717, 1.165) is 22.4 Å². The second kappa shape index (κ2) is 5.65. The molecule has 0 spiro atoms. The Balaban J connectivity index is 2.31. The minimum atomic E-state index is -0.667. The van der Waals surface area contributed by atoms with Crippen molar-refractivity contribution in [2.24, 2.45) is 0 Å². The molecular weight excluding hydrogens is 226 g/mol. The van der Waals surface area contributed by atoms with E-state index >= 15 is 0 Å². The first kappa shape index (κ1) is 12.6. The SMILES string of the molecule is CCOc1cccc(C(O)c2cnccc2C)c1. The van der Waals surface area contributed by atoms with Crippen LogP contribution in [0.5, 0.6) is 5.75 Å². The van der Waals surface area contributed by atoms with Crippen LogP contribution in [0.25, 0.3) is 0 Å². The van der Waals surface area contributed by atoms with E-state index in [1.165, 1.54) is 0 Å². The van der Waals surface area contributed by atoms with Gasteiger partial charge in [-0.05, 0) is 43.2 Å². The molecule has 1 aromatic carbocycles. The van der Waals surface area contributed by atoms with Crippen molar-refractivity contribution in [2.45, 2.75) is 20.0 Å². The molecule has 1 heterocycles. The zero-order chi connectivity index (χ0) is 13.0. The van der Waals surface area contributed by atoms with Crippen LogP contribution in [0.15, 0.2) is 42.7 Å². The van der Waals surface area contributed by atoms with Crippen LogP contribution in [0.3, 0.4) is 0 Å². The molecule has 0 fully saturated rings. The Labute approximate surface area is 107 Å². The molecule has 3 heteroatoms. The lowest BCUT2D eigenvalue weighted by Gasteiger charge is -2.14. The van der Waals surface area contributed by atoms with Gasteiger partial charge in [0.25, 0.3) is 0 Å². The fourth-order valence-corrected chi connectivity index (χ4v) is 1.88. The maximum atomic E-state index is 10.4. The summed E-state index contributed by atoms with van der Waals surface area (Å²) in [6.07, 6.45) is 2.76. The zero-order valence-electron chi connectivity index (χ0n) is 10.6. The highest BCUT2D eigenvalue weighted by Crippen LogP contribution is 2.26. The monoisotopic (exact) mass is 243 g/mol. The van der Waals surface area contributed by atoms with Crippen LogP contribution in [0.2, 0.25) is 0 Å². The first-order valence-corrected chi connectivity index (χ1v) is 6.03. The zero-order valence-corrected chi connectivity index (χ0v) is 10.6. The van der Waals surface area contributed by atoms with E-state index in [-0.39, 0.29) is 0 Å². The second-order valence-electron chi connectivity index (χ2n) is 4.14. The molecule has 2 rings (SSSR count). The average Bonchev–Trinajstić information content (AvgIpc) is 2.39. The summed E-state index contributed by atoms with van der Waals surface area (Å²) in [5.41, 5.74) is 2.67. The molecule has 1 N–H and O–H groups in total. The van der Waals surface area contributed by atoms with Crippen molar-refractivity contribution in [3.8, 4) is 5.75 Å². The van der Waals surface area contributed by atoms with Gasteiger partial charge in [0, 0.05) is 18.0 Å². The van der Waals surface area contributed by atoms with Gasteiger partial charge in [-0.3, -0.25) is 4.98 Å². The Bertz CT molecular complexity index is 525. The van der Waals surface area contributed by atoms with Crippen LogP contribution in [-0.4, -0.2) is 16.7 Å². The van der Waals surface area contributed by atoms with E-state index < -0.39 is 6.10 Å². The number of pyridine rings is 1. The van der Waals surface area contributed by atoms with Crippen LogP contribution in [0, 0.1) is 6.92 Å². The van der Waals surface area contributed by atoms with Crippen molar-refractivity contribution in [1.82, 2.24) is 4.98 Å². The van der Waals surface area contributed by atoms with Crippen molar-refractivity contribution in [1.29, 1.82) is 0 Å². The molecule has 0 aliphatic carbocycles. The van der Waals surface area contributed by atoms with Gasteiger partial charge in [0.1, 0.15) is 11.9 Å². The minimum Gasteiger partial charge on any atom is -0.494 e. The summed E-state index contributed by atoms with van der Waals surface area (Å²) < 4.78 is 5.44. The van der Waals surface area contributed by atoms with Crippen molar-refractivity contribution in [2.75, 3.05) is 6.61 Å². The lowest BCUT2D eigenvalue weighted by Crippen LogP contribution is -2.03. The summed E-state index contributed by atoms with van der Waals surface area (Å²) in [5, 5.41) is 10.4. The average molecular weight is 243 g/mol. The van der Waals surface area contributed by atoms with E-state index in [0.29, 0.717) is 6.61 Å². The van der Waals surface area contributed by atoms with Crippen molar-refractivity contribution in [3.05, 3.63) is 59.4 Å². The van der Waals surface area contributed by atoms with Crippen molar-refractivity contribution >= 4 is 0 Å². The molecule has 0 saturated carbocycles.